The number of anilines is 1. The Hall–Kier alpha value is -1.53. The van der Waals surface area contributed by atoms with E-state index in [4.69, 9.17) is 0 Å². The Bertz CT molecular complexity index is 524. The summed E-state index contributed by atoms with van der Waals surface area (Å²) in [4.78, 5) is 2.38. The highest BCUT2D eigenvalue weighted by atomic mass is 15.1. The molecule has 1 aromatic rings. The molecule has 0 radical (unpaired) electrons. The van der Waals surface area contributed by atoms with E-state index in [1.54, 1.807) is 0 Å². The average Bonchev–Trinajstić information content (AvgIpc) is 3.28. The van der Waals surface area contributed by atoms with Crippen molar-refractivity contribution in [3.63, 3.8) is 0 Å². The third-order valence-electron chi connectivity index (χ3n) is 4.78. The van der Waals surface area contributed by atoms with Crippen molar-refractivity contribution in [2.75, 3.05) is 18.0 Å². The molecular formula is C18H25N3. The smallest absolute Gasteiger partial charge is 0.101 e. The van der Waals surface area contributed by atoms with E-state index in [9.17, 15) is 5.26 Å². The van der Waals surface area contributed by atoms with Gasteiger partial charge in [-0.3, -0.25) is 0 Å². The molecule has 0 aromatic heterocycles. The fourth-order valence-electron chi connectivity index (χ4n) is 2.99. The molecule has 2 fully saturated rings. The third kappa shape index (κ3) is 3.57. The van der Waals surface area contributed by atoms with E-state index in [0.29, 0.717) is 6.04 Å². The van der Waals surface area contributed by atoms with Crippen molar-refractivity contribution in [3.8, 4) is 6.07 Å². The highest BCUT2D eigenvalue weighted by Gasteiger charge is 2.22. The summed E-state index contributed by atoms with van der Waals surface area (Å²) in [5.74, 6) is 0.827. The first-order valence-corrected chi connectivity index (χ1v) is 8.31. The van der Waals surface area contributed by atoms with Crippen molar-refractivity contribution in [2.24, 2.45) is 5.92 Å². The molecule has 1 aromatic carbocycles. The van der Waals surface area contributed by atoms with Gasteiger partial charge in [0.15, 0.2) is 0 Å². The minimum absolute atomic E-state index is 0.709. The van der Waals surface area contributed by atoms with Gasteiger partial charge >= 0.3 is 0 Å². The summed E-state index contributed by atoms with van der Waals surface area (Å²) in [7, 11) is 0. The number of rotatable bonds is 7. The molecule has 2 saturated carbocycles. The molecular weight excluding hydrogens is 258 g/mol. The lowest BCUT2D eigenvalue weighted by Crippen LogP contribution is -2.33. The molecule has 2 aliphatic rings. The summed E-state index contributed by atoms with van der Waals surface area (Å²) >= 11 is 0. The lowest BCUT2D eigenvalue weighted by Gasteiger charge is -2.33. The van der Waals surface area contributed by atoms with Gasteiger partial charge in [0.2, 0.25) is 0 Å². The van der Waals surface area contributed by atoms with Crippen LogP contribution >= 0.6 is 0 Å². The Morgan fingerprint density at radius 2 is 2.10 bits per heavy atom. The van der Waals surface area contributed by atoms with Crippen LogP contribution in [0.4, 0.5) is 5.69 Å². The van der Waals surface area contributed by atoms with Crippen molar-refractivity contribution in [3.05, 3.63) is 29.3 Å². The van der Waals surface area contributed by atoms with E-state index in [2.05, 4.69) is 41.4 Å². The zero-order chi connectivity index (χ0) is 14.7. The molecule has 0 aliphatic heterocycles. The SMILES string of the molecule is CCN(CC1CCC1)c1ccc(CNC2CC2)cc1C#N. The maximum Gasteiger partial charge on any atom is 0.101 e. The minimum atomic E-state index is 0.709. The number of hydrogen-bond donors (Lipinski definition) is 1. The van der Waals surface area contributed by atoms with Crippen molar-refractivity contribution >= 4 is 5.69 Å². The van der Waals surface area contributed by atoms with Gasteiger partial charge in [-0.2, -0.15) is 5.26 Å². The quantitative estimate of drug-likeness (QED) is 0.833. The highest BCUT2D eigenvalue weighted by Crippen LogP contribution is 2.30. The van der Waals surface area contributed by atoms with Crippen LogP contribution in [0.5, 0.6) is 0 Å². The molecule has 21 heavy (non-hydrogen) atoms. The number of nitriles is 1. The second kappa shape index (κ2) is 6.49. The van der Waals surface area contributed by atoms with E-state index < -0.39 is 0 Å². The molecule has 0 saturated heterocycles. The van der Waals surface area contributed by atoms with Crippen molar-refractivity contribution in [1.82, 2.24) is 5.32 Å². The first-order chi connectivity index (χ1) is 10.3. The first-order valence-electron chi connectivity index (χ1n) is 8.31. The van der Waals surface area contributed by atoms with Gasteiger partial charge in [-0.05, 0) is 56.2 Å². The zero-order valence-corrected chi connectivity index (χ0v) is 12.9. The average molecular weight is 283 g/mol. The molecule has 3 nitrogen and oxygen atoms in total. The van der Waals surface area contributed by atoms with Crippen LogP contribution in [0.1, 0.15) is 50.2 Å². The lowest BCUT2D eigenvalue weighted by atomic mass is 9.85. The molecule has 2 aliphatic carbocycles. The molecule has 0 atom stereocenters. The number of benzene rings is 1. The van der Waals surface area contributed by atoms with Crippen LogP contribution < -0.4 is 10.2 Å². The molecule has 3 rings (SSSR count). The molecule has 112 valence electrons. The van der Waals surface area contributed by atoms with Gasteiger partial charge in [0.25, 0.3) is 0 Å². The number of nitrogens with one attached hydrogen (secondary N) is 1. The van der Waals surface area contributed by atoms with Gasteiger partial charge in [-0.15, -0.1) is 0 Å². The third-order valence-corrected chi connectivity index (χ3v) is 4.78. The second-order valence-corrected chi connectivity index (χ2v) is 6.45. The van der Waals surface area contributed by atoms with Gasteiger partial charge < -0.3 is 10.2 Å². The Morgan fingerprint density at radius 3 is 2.67 bits per heavy atom. The van der Waals surface area contributed by atoms with Crippen LogP contribution in [0.15, 0.2) is 18.2 Å². The summed E-state index contributed by atoms with van der Waals surface area (Å²) in [5.41, 5.74) is 3.16. The van der Waals surface area contributed by atoms with E-state index in [1.165, 1.54) is 37.7 Å². The maximum absolute atomic E-state index is 9.49. The normalized spacial score (nSPS) is 18.1. The highest BCUT2D eigenvalue weighted by molar-refractivity contribution is 5.60. The monoisotopic (exact) mass is 283 g/mol. The largest absolute Gasteiger partial charge is 0.370 e. The summed E-state index contributed by atoms with van der Waals surface area (Å²) in [6.45, 7) is 5.15. The fraction of sp³-hybridized carbons (Fsp3) is 0.611. The van der Waals surface area contributed by atoms with Gasteiger partial charge in [-0.1, -0.05) is 12.5 Å². The van der Waals surface area contributed by atoms with Gasteiger partial charge in [0.05, 0.1) is 11.3 Å². The van der Waals surface area contributed by atoms with Crippen LogP contribution in [-0.2, 0) is 6.54 Å². The predicted molar refractivity (Wildman–Crippen MR) is 86.2 cm³/mol. The zero-order valence-electron chi connectivity index (χ0n) is 12.9. The topological polar surface area (TPSA) is 39.1 Å². The maximum atomic E-state index is 9.49. The van der Waals surface area contributed by atoms with Crippen LogP contribution in [0.3, 0.4) is 0 Å². The number of nitrogens with zero attached hydrogens (tertiary/aromatic N) is 2. The van der Waals surface area contributed by atoms with Crippen LogP contribution in [0.2, 0.25) is 0 Å². The summed E-state index contributed by atoms with van der Waals surface area (Å²) in [6, 6.07) is 9.49. The number of hydrogen-bond acceptors (Lipinski definition) is 3. The molecule has 1 N–H and O–H groups in total. The molecule has 0 heterocycles. The molecule has 0 spiro atoms. The van der Waals surface area contributed by atoms with Crippen molar-refractivity contribution in [1.29, 1.82) is 5.26 Å². The molecule has 0 bridgehead atoms. The van der Waals surface area contributed by atoms with Gasteiger partial charge in [-0.25, -0.2) is 0 Å². The van der Waals surface area contributed by atoms with Crippen LogP contribution in [-0.4, -0.2) is 19.1 Å². The summed E-state index contributed by atoms with van der Waals surface area (Å²) in [5, 5.41) is 13.0. The summed E-state index contributed by atoms with van der Waals surface area (Å²) in [6.07, 6.45) is 6.67. The molecule has 0 amide bonds. The van der Waals surface area contributed by atoms with E-state index in [0.717, 1.165) is 36.8 Å². The Labute approximate surface area is 128 Å². The van der Waals surface area contributed by atoms with Crippen LogP contribution in [0, 0.1) is 17.2 Å². The van der Waals surface area contributed by atoms with Gasteiger partial charge in [0, 0.05) is 25.7 Å². The van der Waals surface area contributed by atoms with E-state index in [1.807, 2.05) is 0 Å². The summed E-state index contributed by atoms with van der Waals surface area (Å²) < 4.78 is 0. The fourth-order valence-corrected chi connectivity index (χ4v) is 2.99. The van der Waals surface area contributed by atoms with E-state index in [-0.39, 0.29) is 0 Å². The Balaban J connectivity index is 1.71. The second-order valence-electron chi connectivity index (χ2n) is 6.45. The van der Waals surface area contributed by atoms with Gasteiger partial charge in [0.1, 0.15) is 6.07 Å². The predicted octanol–water partition coefficient (Wildman–Crippen LogP) is 3.44. The van der Waals surface area contributed by atoms with E-state index >= 15 is 0 Å². The standard InChI is InChI=1S/C18H25N3/c1-2-21(13-14-4-3-5-14)18-9-6-15(10-16(18)11-19)12-20-17-7-8-17/h6,9-10,14,17,20H,2-5,7-8,12-13H2,1H3. The Kier molecular flexibility index (Phi) is 4.45. The van der Waals surface area contributed by atoms with Crippen LogP contribution in [0.25, 0.3) is 0 Å². The van der Waals surface area contributed by atoms with Crippen molar-refractivity contribution < 1.29 is 0 Å². The van der Waals surface area contributed by atoms with Crippen molar-refractivity contribution in [2.45, 2.75) is 51.6 Å². The minimum Gasteiger partial charge on any atom is -0.370 e. The molecule has 3 heteroatoms. The Morgan fingerprint density at radius 1 is 1.29 bits per heavy atom. The first kappa shape index (κ1) is 14.4. The lowest BCUT2D eigenvalue weighted by molar-refractivity contribution is 0.318. The molecule has 0 unspecified atom stereocenters.